The van der Waals surface area contributed by atoms with Crippen LogP contribution >= 0.6 is 23.1 Å². The Morgan fingerprint density at radius 1 is 0.875 bits per heavy atom. The molecule has 0 radical (unpaired) electrons. The summed E-state index contributed by atoms with van der Waals surface area (Å²) >= 11 is 3.44. The SMILES string of the molecule is CC(C)(C(=O)N1CCN(C(=O)c2ccccc2SCc2cccs2)CC1)c1ccccc1. The van der Waals surface area contributed by atoms with E-state index in [0.717, 1.165) is 21.8 Å². The number of piperazine rings is 1. The van der Waals surface area contributed by atoms with Gasteiger partial charge < -0.3 is 9.80 Å². The molecule has 3 aromatic rings. The molecule has 0 unspecified atom stereocenters. The Morgan fingerprint density at radius 2 is 1.53 bits per heavy atom. The lowest BCUT2D eigenvalue weighted by Gasteiger charge is -2.39. The second-order valence-corrected chi connectivity index (χ2v) is 10.5. The summed E-state index contributed by atoms with van der Waals surface area (Å²) in [6.45, 7) is 6.18. The summed E-state index contributed by atoms with van der Waals surface area (Å²) in [6, 6.07) is 21.9. The van der Waals surface area contributed by atoms with Crippen LogP contribution in [0.5, 0.6) is 0 Å². The fourth-order valence-corrected chi connectivity index (χ4v) is 5.79. The van der Waals surface area contributed by atoms with E-state index in [1.807, 2.05) is 78.2 Å². The van der Waals surface area contributed by atoms with Gasteiger partial charge in [0.2, 0.25) is 5.91 Å². The third-order valence-corrected chi connectivity index (χ3v) is 8.13. The predicted octanol–water partition coefficient (Wildman–Crippen LogP) is 5.30. The van der Waals surface area contributed by atoms with Crippen molar-refractivity contribution in [1.29, 1.82) is 0 Å². The van der Waals surface area contributed by atoms with Crippen LogP contribution in [0, 0.1) is 0 Å². The summed E-state index contributed by atoms with van der Waals surface area (Å²) in [5.41, 5.74) is 1.18. The van der Waals surface area contributed by atoms with Crippen molar-refractivity contribution >= 4 is 34.9 Å². The molecule has 0 spiro atoms. The van der Waals surface area contributed by atoms with Gasteiger partial charge >= 0.3 is 0 Å². The Morgan fingerprint density at radius 3 is 2.22 bits per heavy atom. The molecule has 1 aliphatic heterocycles. The second kappa shape index (κ2) is 9.92. The molecule has 6 heteroatoms. The maximum atomic E-state index is 13.3. The van der Waals surface area contributed by atoms with Gasteiger partial charge in [-0.3, -0.25) is 9.59 Å². The number of hydrogen-bond acceptors (Lipinski definition) is 4. The van der Waals surface area contributed by atoms with Gasteiger partial charge in [0.1, 0.15) is 0 Å². The average molecular weight is 465 g/mol. The van der Waals surface area contributed by atoms with Crippen molar-refractivity contribution < 1.29 is 9.59 Å². The van der Waals surface area contributed by atoms with E-state index in [0.29, 0.717) is 26.2 Å². The number of benzene rings is 2. The van der Waals surface area contributed by atoms with E-state index in [2.05, 4.69) is 17.5 Å². The Balaban J connectivity index is 1.39. The van der Waals surface area contributed by atoms with Crippen LogP contribution in [0.4, 0.5) is 0 Å². The number of thiophene rings is 1. The maximum Gasteiger partial charge on any atom is 0.255 e. The zero-order chi connectivity index (χ0) is 22.6. The van der Waals surface area contributed by atoms with Gasteiger partial charge in [0.15, 0.2) is 0 Å². The first-order chi connectivity index (χ1) is 15.5. The Kier molecular flexibility index (Phi) is 7.01. The van der Waals surface area contributed by atoms with Crippen LogP contribution < -0.4 is 0 Å². The first kappa shape index (κ1) is 22.6. The van der Waals surface area contributed by atoms with E-state index in [-0.39, 0.29) is 11.8 Å². The molecule has 0 bridgehead atoms. The number of carbonyl (C=O) groups is 2. The molecule has 1 saturated heterocycles. The van der Waals surface area contributed by atoms with Gasteiger partial charge in [-0.25, -0.2) is 0 Å². The van der Waals surface area contributed by atoms with Gasteiger partial charge in [-0.1, -0.05) is 48.5 Å². The number of thioether (sulfide) groups is 1. The van der Waals surface area contributed by atoms with Crippen LogP contribution in [0.3, 0.4) is 0 Å². The molecule has 1 fully saturated rings. The third kappa shape index (κ3) is 4.92. The van der Waals surface area contributed by atoms with Crippen molar-refractivity contribution in [2.24, 2.45) is 0 Å². The van der Waals surface area contributed by atoms with E-state index in [1.54, 1.807) is 23.1 Å². The van der Waals surface area contributed by atoms with Crippen molar-refractivity contribution in [1.82, 2.24) is 9.80 Å². The highest BCUT2D eigenvalue weighted by Gasteiger charge is 2.35. The number of nitrogens with zero attached hydrogens (tertiary/aromatic N) is 2. The van der Waals surface area contributed by atoms with E-state index in [4.69, 9.17) is 0 Å². The lowest BCUT2D eigenvalue weighted by molar-refractivity contribution is -0.137. The average Bonchev–Trinajstić information content (AvgIpc) is 3.36. The summed E-state index contributed by atoms with van der Waals surface area (Å²) < 4.78 is 0. The van der Waals surface area contributed by atoms with Crippen LogP contribution in [0.2, 0.25) is 0 Å². The molecular weight excluding hydrogens is 436 g/mol. The molecule has 0 N–H and O–H groups in total. The first-order valence-corrected chi connectivity index (χ1v) is 12.7. The van der Waals surface area contributed by atoms with Crippen LogP contribution in [-0.2, 0) is 16.0 Å². The van der Waals surface area contributed by atoms with Gasteiger partial charge in [-0.15, -0.1) is 23.1 Å². The minimum absolute atomic E-state index is 0.0497. The molecule has 2 amide bonds. The van der Waals surface area contributed by atoms with Crippen molar-refractivity contribution in [2.75, 3.05) is 26.2 Å². The Hall–Kier alpha value is -2.57. The number of carbonyl (C=O) groups excluding carboxylic acids is 2. The lowest BCUT2D eigenvalue weighted by Crippen LogP contribution is -2.54. The minimum atomic E-state index is -0.585. The lowest BCUT2D eigenvalue weighted by atomic mass is 9.83. The van der Waals surface area contributed by atoms with Crippen LogP contribution in [-0.4, -0.2) is 47.8 Å². The molecule has 1 aromatic heterocycles. The van der Waals surface area contributed by atoms with E-state index in [1.165, 1.54) is 4.88 Å². The highest BCUT2D eigenvalue weighted by Crippen LogP contribution is 2.30. The molecule has 0 saturated carbocycles. The third-order valence-electron chi connectivity index (χ3n) is 5.95. The molecule has 32 heavy (non-hydrogen) atoms. The van der Waals surface area contributed by atoms with Crippen molar-refractivity contribution in [3.05, 3.63) is 88.1 Å². The van der Waals surface area contributed by atoms with Gasteiger partial charge in [-0.05, 0) is 43.0 Å². The molecule has 4 rings (SSSR count). The van der Waals surface area contributed by atoms with Crippen LogP contribution in [0.15, 0.2) is 77.0 Å². The van der Waals surface area contributed by atoms with Crippen LogP contribution in [0.1, 0.15) is 34.6 Å². The second-order valence-electron chi connectivity index (χ2n) is 8.44. The van der Waals surface area contributed by atoms with Gasteiger partial charge in [-0.2, -0.15) is 0 Å². The summed E-state index contributed by atoms with van der Waals surface area (Å²) in [5.74, 6) is 1.02. The normalized spacial score (nSPS) is 14.4. The summed E-state index contributed by atoms with van der Waals surface area (Å²) in [4.78, 5) is 32.6. The molecule has 0 aliphatic carbocycles. The van der Waals surface area contributed by atoms with E-state index >= 15 is 0 Å². The fourth-order valence-electron chi connectivity index (χ4n) is 3.97. The van der Waals surface area contributed by atoms with Crippen molar-refractivity contribution in [3.8, 4) is 0 Å². The Labute approximate surface area is 198 Å². The quantitative estimate of drug-likeness (QED) is 0.465. The molecule has 166 valence electrons. The summed E-state index contributed by atoms with van der Waals surface area (Å²) in [6.07, 6.45) is 0. The molecule has 0 atom stereocenters. The summed E-state index contributed by atoms with van der Waals surface area (Å²) in [7, 11) is 0. The zero-order valence-corrected chi connectivity index (χ0v) is 20.1. The monoisotopic (exact) mass is 464 g/mol. The molecular formula is C26H28N2O2S2. The topological polar surface area (TPSA) is 40.6 Å². The highest BCUT2D eigenvalue weighted by molar-refractivity contribution is 7.98. The van der Waals surface area contributed by atoms with Gasteiger partial charge in [0.25, 0.3) is 5.91 Å². The molecule has 2 aromatic carbocycles. The Bertz CT molecular complexity index is 1060. The maximum absolute atomic E-state index is 13.3. The van der Waals surface area contributed by atoms with Gasteiger partial charge in [0, 0.05) is 41.7 Å². The fraction of sp³-hybridized carbons (Fsp3) is 0.308. The van der Waals surface area contributed by atoms with Crippen LogP contribution in [0.25, 0.3) is 0 Å². The number of amides is 2. The molecule has 2 heterocycles. The molecule has 1 aliphatic rings. The van der Waals surface area contributed by atoms with Gasteiger partial charge in [0.05, 0.1) is 11.0 Å². The summed E-state index contributed by atoms with van der Waals surface area (Å²) in [5, 5.41) is 2.08. The largest absolute Gasteiger partial charge is 0.338 e. The van der Waals surface area contributed by atoms with E-state index < -0.39 is 5.41 Å². The minimum Gasteiger partial charge on any atom is -0.338 e. The van der Waals surface area contributed by atoms with Crippen molar-refractivity contribution in [3.63, 3.8) is 0 Å². The number of hydrogen-bond donors (Lipinski definition) is 0. The smallest absolute Gasteiger partial charge is 0.255 e. The van der Waals surface area contributed by atoms with E-state index in [9.17, 15) is 9.59 Å². The highest BCUT2D eigenvalue weighted by atomic mass is 32.2. The first-order valence-electron chi connectivity index (χ1n) is 10.8. The zero-order valence-electron chi connectivity index (χ0n) is 18.5. The molecule has 4 nitrogen and oxygen atoms in total. The van der Waals surface area contributed by atoms with Crippen molar-refractivity contribution in [2.45, 2.75) is 29.9 Å². The number of rotatable bonds is 6. The standard InChI is InChI=1S/C26H28N2O2S2/c1-26(2,20-9-4-3-5-10-20)25(30)28-16-14-27(15-17-28)24(29)22-12-6-7-13-23(22)32-19-21-11-8-18-31-21/h3-13,18H,14-17,19H2,1-2H3. The predicted molar refractivity (Wildman–Crippen MR) is 132 cm³/mol.